The van der Waals surface area contributed by atoms with Crippen molar-refractivity contribution in [2.24, 2.45) is 0 Å². The van der Waals surface area contributed by atoms with Crippen molar-refractivity contribution in [3.05, 3.63) is 60.1 Å². The Morgan fingerprint density at radius 2 is 1.90 bits per heavy atom. The standard InChI is InChI=1S/C21H17FN4O2S/c22-14-5-8-16-19(11-14)29-21(24-16)23-15-6-3-13(4-7-15)17-12-18(28-25-17)20(27)26-9-1-2-10-26/h3-8,11-12H,1-2,9-10H2,(H,23,24). The first-order chi connectivity index (χ1) is 14.2. The van der Waals surface area contributed by atoms with E-state index in [-0.39, 0.29) is 17.5 Å². The van der Waals surface area contributed by atoms with Crippen LogP contribution in [-0.4, -0.2) is 34.0 Å². The van der Waals surface area contributed by atoms with Crippen molar-refractivity contribution >= 4 is 38.3 Å². The van der Waals surface area contributed by atoms with E-state index in [1.54, 1.807) is 17.0 Å². The molecule has 0 unspecified atom stereocenters. The minimum absolute atomic E-state index is 0.105. The van der Waals surface area contributed by atoms with Gasteiger partial charge < -0.3 is 14.7 Å². The van der Waals surface area contributed by atoms with Gasteiger partial charge in [-0.3, -0.25) is 4.79 Å². The van der Waals surface area contributed by atoms with Crippen molar-refractivity contribution in [2.45, 2.75) is 12.8 Å². The Hall–Kier alpha value is -3.26. The summed E-state index contributed by atoms with van der Waals surface area (Å²) in [5.41, 5.74) is 3.08. The average molecular weight is 408 g/mol. The molecule has 1 aliphatic rings. The smallest absolute Gasteiger partial charge is 0.292 e. The minimum Gasteiger partial charge on any atom is -0.350 e. The Morgan fingerprint density at radius 1 is 1.10 bits per heavy atom. The van der Waals surface area contributed by atoms with E-state index >= 15 is 0 Å². The van der Waals surface area contributed by atoms with Crippen LogP contribution in [0.3, 0.4) is 0 Å². The van der Waals surface area contributed by atoms with Crippen LogP contribution in [-0.2, 0) is 0 Å². The van der Waals surface area contributed by atoms with E-state index in [2.05, 4.69) is 15.5 Å². The highest BCUT2D eigenvalue weighted by Gasteiger charge is 2.23. The number of nitrogens with zero attached hydrogens (tertiary/aromatic N) is 3. The number of anilines is 2. The lowest BCUT2D eigenvalue weighted by atomic mass is 10.1. The molecule has 1 N–H and O–H groups in total. The number of amides is 1. The van der Waals surface area contributed by atoms with Crippen molar-refractivity contribution in [3.63, 3.8) is 0 Å². The lowest BCUT2D eigenvalue weighted by Crippen LogP contribution is -2.27. The number of hydrogen-bond acceptors (Lipinski definition) is 6. The Labute approximate surface area is 170 Å². The summed E-state index contributed by atoms with van der Waals surface area (Å²) in [5.74, 6) is -0.107. The summed E-state index contributed by atoms with van der Waals surface area (Å²) in [6.45, 7) is 1.54. The molecule has 0 aliphatic carbocycles. The molecule has 0 radical (unpaired) electrons. The maximum Gasteiger partial charge on any atom is 0.292 e. The Morgan fingerprint density at radius 3 is 2.69 bits per heavy atom. The highest BCUT2D eigenvalue weighted by atomic mass is 32.1. The average Bonchev–Trinajstić information content (AvgIpc) is 3.48. The first-order valence-electron chi connectivity index (χ1n) is 9.35. The highest BCUT2D eigenvalue weighted by Crippen LogP contribution is 2.30. The molecule has 29 heavy (non-hydrogen) atoms. The van der Waals surface area contributed by atoms with E-state index in [1.807, 2.05) is 24.3 Å². The summed E-state index contributed by atoms with van der Waals surface area (Å²) >= 11 is 1.39. The first kappa shape index (κ1) is 17.8. The first-order valence-corrected chi connectivity index (χ1v) is 10.2. The van der Waals surface area contributed by atoms with Crippen molar-refractivity contribution in [1.82, 2.24) is 15.0 Å². The number of fused-ring (bicyclic) bond motifs is 1. The predicted molar refractivity (Wildman–Crippen MR) is 110 cm³/mol. The summed E-state index contributed by atoms with van der Waals surface area (Å²) in [5, 5.41) is 7.97. The lowest BCUT2D eigenvalue weighted by molar-refractivity contribution is 0.0751. The summed E-state index contributed by atoms with van der Waals surface area (Å²) in [6, 6.07) is 13.8. The van der Waals surface area contributed by atoms with Gasteiger partial charge in [0.2, 0.25) is 5.76 Å². The molecule has 0 saturated carbocycles. The van der Waals surface area contributed by atoms with Gasteiger partial charge in [-0.25, -0.2) is 9.37 Å². The summed E-state index contributed by atoms with van der Waals surface area (Å²) < 4.78 is 19.4. The van der Waals surface area contributed by atoms with Gasteiger partial charge in [0.15, 0.2) is 5.13 Å². The third-order valence-electron chi connectivity index (χ3n) is 4.90. The molecule has 1 saturated heterocycles. The molecule has 2 aromatic carbocycles. The molecule has 1 fully saturated rings. The molecule has 8 heteroatoms. The number of nitrogens with one attached hydrogen (secondary N) is 1. The van der Waals surface area contributed by atoms with Gasteiger partial charge in [-0.05, 0) is 43.2 Å². The van der Waals surface area contributed by atoms with Crippen LogP contribution in [0.5, 0.6) is 0 Å². The number of aromatic nitrogens is 2. The Balaban J connectivity index is 1.31. The fourth-order valence-electron chi connectivity index (χ4n) is 3.39. The second-order valence-electron chi connectivity index (χ2n) is 6.91. The highest BCUT2D eigenvalue weighted by molar-refractivity contribution is 7.22. The van der Waals surface area contributed by atoms with E-state index in [4.69, 9.17) is 4.52 Å². The second-order valence-corrected chi connectivity index (χ2v) is 7.94. The quantitative estimate of drug-likeness (QED) is 0.510. The number of carbonyl (C=O) groups is 1. The number of thiazole rings is 1. The van der Waals surface area contributed by atoms with Crippen LogP contribution in [0.25, 0.3) is 21.5 Å². The van der Waals surface area contributed by atoms with Crippen molar-refractivity contribution in [1.29, 1.82) is 0 Å². The van der Waals surface area contributed by atoms with Crippen LogP contribution < -0.4 is 5.32 Å². The monoisotopic (exact) mass is 408 g/mol. The molecule has 4 aromatic rings. The van der Waals surface area contributed by atoms with Gasteiger partial charge in [0.1, 0.15) is 11.5 Å². The van der Waals surface area contributed by atoms with Gasteiger partial charge in [0, 0.05) is 30.4 Å². The fourth-order valence-corrected chi connectivity index (χ4v) is 4.30. The zero-order valence-corrected chi connectivity index (χ0v) is 16.2. The minimum atomic E-state index is -0.271. The molecule has 0 atom stereocenters. The van der Waals surface area contributed by atoms with E-state index in [1.165, 1.54) is 23.5 Å². The van der Waals surface area contributed by atoms with E-state index in [0.29, 0.717) is 10.8 Å². The van der Waals surface area contributed by atoms with Gasteiger partial charge >= 0.3 is 0 Å². The molecule has 6 nitrogen and oxygen atoms in total. The van der Waals surface area contributed by atoms with Crippen LogP contribution in [0, 0.1) is 5.82 Å². The molecule has 5 rings (SSSR count). The molecule has 0 spiro atoms. The number of benzene rings is 2. The van der Waals surface area contributed by atoms with E-state index < -0.39 is 0 Å². The number of carbonyl (C=O) groups excluding carboxylic acids is 1. The van der Waals surface area contributed by atoms with Crippen molar-refractivity contribution in [2.75, 3.05) is 18.4 Å². The van der Waals surface area contributed by atoms with E-state index in [0.717, 1.165) is 47.4 Å². The molecule has 1 aliphatic heterocycles. The van der Waals surface area contributed by atoms with Crippen LogP contribution in [0.1, 0.15) is 23.4 Å². The Bertz CT molecular complexity index is 1180. The molecule has 146 valence electrons. The van der Waals surface area contributed by atoms with Crippen LogP contribution in [0.4, 0.5) is 15.2 Å². The zero-order chi connectivity index (χ0) is 19.8. The second kappa shape index (κ2) is 7.29. The van der Waals surface area contributed by atoms with Crippen molar-refractivity contribution in [3.8, 4) is 11.3 Å². The molecule has 0 bridgehead atoms. The Kier molecular flexibility index (Phi) is 4.48. The van der Waals surface area contributed by atoms with Crippen molar-refractivity contribution < 1.29 is 13.7 Å². The largest absolute Gasteiger partial charge is 0.350 e. The molecular formula is C21H17FN4O2S. The van der Waals surface area contributed by atoms with Gasteiger partial charge in [0.05, 0.1) is 10.2 Å². The number of halogens is 1. The number of rotatable bonds is 4. The molecule has 3 heterocycles. The maximum absolute atomic E-state index is 13.3. The van der Waals surface area contributed by atoms with Crippen LogP contribution in [0.2, 0.25) is 0 Å². The van der Waals surface area contributed by atoms with E-state index in [9.17, 15) is 9.18 Å². The SMILES string of the molecule is O=C(c1cc(-c2ccc(Nc3nc4ccc(F)cc4s3)cc2)no1)N1CCCC1. The van der Waals surface area contributed by atoms with Gasteiger partial charge in [0.25, 0.3) is 5.91 Å². The topological polar surface area (TPSA) is 71.3 Å². The summed E-state index contributed by atoms with van der Waals surface area (Å²) in [4.78, 5) is 18.7. The summed E-state index contributed by atoms with van der Waals surface area (Å²) in [6.07, 6.45) is 2.07. The van der Waals surface area contributed by atoms with Gasteiger partial charge in [-0.15, -0.1) is 0 Å². The third-order valence-corrected chi connectivity index (χ3v) is 5.83. The third kappa shape index (κ3) is 3.58. The van der Waals surface area contributed by atoms with Gasteiger partial charge in [-0.2, -0.15) is 0 Å². The number of hydrogen-bond donors (Lipinski definition) is 1. The normalized spacial score (nSPS) is 13.9. The van der Waals surface area contributed by atoms with Crippen LogP contribution >= 0.6 is 11.3 Å². The zero-order valence-electron chi connectivity index (χ0n) is 15.4. The maximum atomic E-state index is 13.3. The number of likely N-dealkylation sites (tertiary alicyclic amines) is 1. The predicted octanol–water partition coefficient (Wildman–Crippen LogP) is 5.07. The molecule has 1 amide bonds. The fraction of sp³-hybridized carbons (Fsp3) is 0.190. The molecular weight excluding hydrogens is 391 g/mol. The van der Waals surface area contributed by atoms with Crippen LogP contribution in [0.15, 0.2) is 53.1 Å². The van der Waals surface area contributed by atoms with Gasteiger partial charge in [-0.1, -0.05) is 28.6 Å². The lowest BCUT2D eigenvalue weighted by Gasteiger charge is -2.11. The summed E-state index contributed by atoms with van der Waals surface area (Å²) in [7, 11) is 0. The molecule has 2 aromatic heterocycles.